The summed E-state index contributed by atoms with van der Waals surface area (Å²) in [6, 6.07) is 31.0. The highest BCUT2D eigenvalue weighted by atomic mass is 79.9. The minimum absolute atomic E-state index is 0. The predicted molar refractivity (Wildman–Crippen MR) is 225 cm³/mol. The van der Waals surface area contributed by atoms with Gasteiger partial charge in [0.25, 0.3) is 11.4 Å². The van der Waals surface area contributed by atoms with Crippen LogP contribution in [-0.2, 0) is 16.6 Å². The van der Waals surface area contributed by atoms with Crippen molar-refractivity contribution in [2.45, 2.75) is 26.1 Å². The Morgan fingerprint density at radius 3 is 1.51 bits per heavy atom. The molecule has 2 heterocycles. The van der Waals surface area contributed by atoms with Gasteiger partial charge in [-0.15, -0.1) is 0 Å². The fraction of sp³-hybridized carbons (Fsp3) is 0.171. The zero-order valence-corrected chi connectivity index (χ0v) is 33.0. The molecule has 0 unspecified atom stereocenters. The first-order valence-corrected chi connectivity index (χ1v) is 18.2. The van der Waals surface area contributed by atoms with Crippen molar-refractivity contribution in [3.63, 3.8) is 0 Å². The standard InChI is InChI=1S/C19H15FN2O3.C13H11BrN2O3.C6H6BFO2.C2H6O2.CH4/c1-25-18-10-9-16(11-13-5-7-15(20)8-6-13)21-19(18)14-3-2-4-17(12-14)22(23)24;1-19-12-6-5-10(8-14)15-13(12)9-3-2-4-11(7-9)16(17)18;8-6-3-1-5(2-4-6)7(9)10;1-2-4-3;/h2-10,12H,11H2,1H3;2-7H,8H2,1H3;1-4,9-10H;3H,2H2,1H3;1H4. The number of nitrogens with zero attached hydrogens (tertiary/aromatic N) is 4. The third kappa shape index (κ3) is 15.6. The number of benzene rings is 4. The number of alkyl halides is 1. The number of pyridine rings is 2. The lowest BCUT2D eigenvalue weighted by atomic mass is 9.80. The second-order valence-corrected chi connectivity index (χ2v) is 12.2. The highest BCUT2D eigenvalue weighted by Gasteiger charge is 2.15. The molecule has 0 aliphatic heterocycles. The van der Waals surface area contributed by atoms with E-state index in [-0.39, 0.29) is 30.4 Å². The molecule has 0 saturated heterocycles. The van der Waals surface area contributed by atoms with Crippen LogP contribution in [-0.4, -0.2) is 63.1 Å². The number of ether oxygens (including phenoxy) is 2. The first kappa shape index (κ1) is 49.0. The van der Waals surface area contributed by atoms with Crippen molar-refractivity contribution in [1.82, 2.24) is 9.97 Å². The van der Waals surface area contributed by atoms with E-state index in [4.69, 9.17) is 24.8 Å². The third-order valence-electron chi connectivity index (χ3n) is 7.67. The molecule has 3 N–H and O–H groups in total. The lowest BCUT2D eigenvalue weighted by Crippen LogP contribution is -2.29. The molecule has 0 amide bonds. The van der Waals surface area contributed by atoms with Crippen LogP contribution in [0.1, 0.15) is 31.3 Å². The Morgan fingerprint density at radius 1 is 0.695 bits per heavy atom. The van der Waals surface area contributed by atoms with E-state index in [1.165, 1.54) is 67.8 Å². The summed E-state index contributed by atoms with van der Waals surface area (Å²) in [5.74, 6) is 0.446. The molecular weight excluding hydrogens is 837 g/mol. The number of nitro benzene ring substituents is 2. The van der Waals surface area contributed by atoms with E-state index in [0.29, 0.717) is 57.8 Å². The van der Waals surface area contributed by atoms with Gasteiger partial charge in [-0.25, -0.2) is 23.6 Å². The summed E-state index contributed by atoms with van der Waals surface area (Å²) in [6.45, 7) is 2.08. The van der Waals surface area contributed by atoms with E-state index in [1.54, 1.807) is 62.6 Å². The average molecular weight is 880 g/mol. The lowest BCUT2D eigenvalue weighted by molar-refractivity contribution is -0.385. The molecule has 0 saturated carbocycles. The Kier molecular flexibility index (Phi) is 21.0. The summed E-state index contributed by atoms with van der Waals surface area (Å²) in [5, 5.41) is 46.9. The van der Waals surface area contributed by atoms with Gasteiger partial charge in [0.1, 0.15) is 34.5 Å². The van der Waals surface area contributed by atoms with E-state index >= 15 is 0 Å². The van der Waals surface area contributed by atoms with Crippen LogP contribution in [0.5, 0.6) is 11.5 Å². The molecule has 14 nitrogen and oxygen atoms in total. The Hall–Kier alpha value is -6.18. The maximum absolute atomic E-state index is 13.0. The van der Waals surface area contributed by atoms with Gasteiger partial charge in [-0.1, -0.05) is 71.9 Å². The summed E-state index contributed by atoms with van der Waals surface area (Å²) in [5.41, 5.74) is 5.23. The van der Waals surface area contributed by atoms with Gasteiger partial charge in [0.15, 0.2) is 0 Å². The number of methoxy groups -OCH3 is 2. The minimum atomic E-state index is -1.51. The maximum atomic E-state index is 13.0. The maximum Gasteiger partial charge on any atom is 0.488 e. The monoisotopic (exact) mass is 878 g/mol. The van der Waals surface area contributed by atoms with E-state index < -0.39 is 17.0 Å². The topological polar surface area (TPSA) is 200 Å². The van der Waals surface area contributed by atoms with Crippen molar-refractivity contribution in [1.29, 1.82) is 0 Å². The van der Waals surface area contributed by atoms with E-state index in [9.17, 15) is 29.0 Å². The summed E-state index contributed by atoms with van der Waals surface area (Å²) < 4.78 is 35.8. The fourth-order valence-corrected chi connectivity index (χ4v) is 5.18. The molecule has 0 atom stereocenters. The van der Waals surface area contributed by atoms with Crippen molar-refractivity contribution in [3.8, 4) is 34.0 Å². The molecule has 0 spiro atoms. The number of hydrogen-bond acceptors (Lipinski definition) is 12. The number of hydrogen-bond donors (Lipinski definition) is 3. The van der Waals surface area contributed by atoms with Crippen LogP contribution in [0.25, 0.3) is 22.5 Å². The quantitative estimate of drug-likeness (QED) is 0.0369. The molecule has 18 heteroatoms. The van der Waals surface area contributed by atoms with Gasteiger partial charge >= 0.3 is 7.12 Å². The third-order valence-corrected chi connectivity index (χ3v) is 8.24. The molecule has 2 aromatic heterocycles. The van der Waals surface area contributed by atoms with E-state index in [2.05, 4.69) is 30.8 Å². The summed E-state index contributed by atoms with van der Waals surface area (Å²) in [4.78, 5) is 33.5. The normalized spacial score (nSPS) is 9.85. The van der Waals surface area contributed by atoms with Gasteiger partial charge in [-0.2, -0.15) is 0 Å². The molecule has 4 aromatic carbocycles. The SMILES string of the molecule is C.CCOO.COc1ccc(CBr)nc1-c1cccc([N+](=O)[O-])c1.COc1ccc(Cc2ccc(F)cc2)nc1-c1cccc([N+](=O)[O-])c1.OB(O)c1ccc(F)cc1. The molecule has 0 aliphatic rings. The lowest BCUT2D eigenvalue weighted by Gasteiger charge is -2.10. The Balaban J connectivity index is 0.000000311. The second-order valence-electron chi connectivity index (χ2n) is 11.6. The van der Waals surface area contributed by atoms with Gasteiger partial charge in [-0.3, -0.25) is 25.5 Å². The Bertz CT molecular complexity index is 2240. The van der Waals surface area contributed by atoms with Gasteiger partial charge in [0.2, 0.25) is 0 Å². The van der Waals surface area contributed by atoms with Crippen LogP contribution in [0.4, 0.5) is 20.2 Å². The molecule has 0 bridgehead atoms. The number of nitro groups is 2. The predicted octanol–water partition coefficient (Wildman–Crippen LogP) is 8.59. The zero-order chi connectivity index (χ0) is 42.6. The van der Waals surface area contributed by atoms with Crippen molar-refractivity contribution in [3.05, 3.63) is 170 Å². The molecule has 0 aliphatic carbocycles. The Labute approximate surface area is 348 Å². The zero-order valence-electron chi connectivity index (χ0n) is 31.4. The van der Waals surface area contributed by atoms with Gasteiger partial charge in [0.05, 0.1) is 36.4 Å². The highest BCUT2D eigenvalue weighted by molar-refractivity contribution is 9.08. The molecular formula is C41H42BBrF2N4O10. The summed E-state index contributed by atoms with van der Waals surface area (Å²) in [7, 11) is 1.56. The van der Waals surface area contributed by atoms with Gasteiger partial charge in [-0.05, 0) is 66.5 Å². The number of rotatable bonds is 11. The highest BCUT2D eigenvalue weighted by Crippen LogP contribution is 2.32. The smallest absolute Gasteiger partial charge is 0.488 e. The Morgan fingerprint density at radius 2 is 1.12 bits per heavy atom. The molecule has 59 heavy (non-hydrogen) atoms. The second kappa shape index (κ2) is 25.2. The molecule has 6 aromatic rings. The van der Waals surface area contributed by atoms with Crippen LogP contribution in [0, 0.1) is 31.9 Å². The van der Waals surface area contributed by atoms with Crippen molar-refractivity contribution < 1.29 is 48.3 Å². The molecule has 6 rings (SSSR count). The molecule has 0 fully saturated rings. The minimum Gasteiger partial charge on any atom is -0.494 e. The van der Waals surface area contributed by atoms with E-state index in [1.807, 2.05) is 12.1 Å². The summed E-state index contributed by atoms with van der Waals surface area (Å²) >= 11 is 3.34. The largest absolute Gasteiger partial charge is 0.494 e. The van der Waals surface area contributed by atoms with Crippen LogP contribution in [0.15, 0.2) is 121 Å². The van der Waals surface area contributed by atoms with E-state index in [0.717, 1.165) is 17.0 Å². The van der Waals surface area contributed by atoms with Crippen LogP contribution in [0.3, 0.4) is 0 Å². The van der Waals surface area contributed by atoms with Crippen molar-refractivity contribution in [2.75, 3.05) is 20.8 Å². The first-order valence-electron chi connectivity index (χ1n) is 17.1. The first-order chi connectivity index (χ1) is 27.8. The van der Waals surface area contributed by atoms with Crippen LogP contribution < -0.4 is 14.9 Å². The number of aromatic nitrogens is 2. The van der Waals surface area contributed by atoms with Crippen LogP contribution >= 0.6 is 15.9 Å². The fourth-order valence-electron chi connectivity index (χ4n) is 4.87. The number of halogens is 3. The van der Waals surface area contributed by atoms with Gasteiger partial charge < -0.3 is 19.5 Å². The average Bonchev–Trinajstić information content (AvgIpc) is 3.25. The summed E-state index contributed by atoms with van der Waals surface area (Å²) in [6.07, 6.45) is 0.520. The van der Waals surface area contributed by atoms with Crippen molar-refractivity contribution >= 4 is 39.9 Å². The van der Waals surface area contributed by atoms with Gasteiger partial charge in [0, 0.05) is 52.8 Å². The van der Waals surface area contributed by atoms with Crippen molar-refractivity contribution in [2.24, 2.45) is 0 Å². The number of non-ortho nitro benzene ring substituents is 2. The van der Waals surface area contributed by atoms with Crippen LogP contribution in [0.2, 0.25) is 0 Å². The molecule has 310 valence electrons. The molecule has 0 radical (unpaired) electrons.